The predicted octanol–water partition coefficient (Wildman–Crippen LogP) is 11.4. The van der Waals surface area contributed by atoms with Gasteiger partial charge in [0.25, 0.3) is 7.82 Å². The van der Waals surface area contributed by atoms with Crippen LogP contribution in [-0.4, -0.2) is 68.5 Å². The average molecular weight is 791 g/mol. The molecule has 0 fully saturated rings. The van der Waals surface area contributed by atoms with Gasteiger partial charge in [0.1, 0.15) is 13.2 Å². The van der Waals surface area contributed by atoms with Gasteiger partial charge >= 0.3 is 0 Å². The number of carbonyl (C=O) groups is 1. The molecule has 0 aliphatic heterocycles. The summed E-state index contributed by atoms with van der Waals surface area (Å²) < 4.78 is 23.2. The number of quaternary nitrogens is 1. The molecule has 0 saturated heterocycles. The van der Waals surface area contributed by atoms with Crippen molar-refractivity contribution in [2.24, 2.45) is 0 Å². The van der Waals surface area contributed by atoms with Gasteiger partial charge in [-0.25, -0.2) is 0 Å². The van der Waals surface area contributed by atoms with Crippen LogP contribution in [-0.2, 0) is 18.4 Å². The molecule has 0 saturated carbocycles. The first-order valence-electron chi connectivity index (χ1n) is 21.8. The van der Waals surface area contributed by atoms with Crippen LogP contribution < -0.4 is 10.2 Å². The van der Waals surface area contributed by atoms with Crippen LogP contribution in [0.5, 0.6) is 0 Å². The fourth-order valence-electron chi connectivity index (χ4n) is 5.71. The first kappa shape index (κ1) is 52.9. The third-order valence-electron chi connectivity index (χ3n) is 9.17. The van der Waals surface area contributed by atoms with Crippen molar-refractivity contribution in [2.75, 3.05) is 40.9 Å². The minimum Gasteiger partial charge on any atom is -0.756 e. The van der Waals surface area contributed by atoms with Crippen LogP contribution in [0, 0.1) is 0 Å². The van der Waals surface area contributed by atoms with Gasteiger partial charge in [0.2, 0.25) is 5.91 Å². The first-order valence-corrected chi connectivity index (χ1v) is 23.3. The van der Waals surface area contributed by atoms with Gasteiger partial charge in [0.15, 0.2) is 0 Å². The van der Waals surface area contributed by atoms with E-state index in [1.165, 1.54) is 64.2 Å². The maximum absolute atomic E-state index is 12.8. The van der Waals surface area contributed by atoms with E-state index in [1.807, 2.05) is 27.2 Å². The second-order valence-corrected chi connectivity index (χ2v) is 17.1. The standard InChI is InChI=1S/C46H83N2O6P/c1-6-8-10-12-14-16-18-20-22-23-24-25-26-28-30-32-34-36-38-40-46(50)47-44(43-54-55(51,52)53-42-41-48(3,4)5)45(49)39-37-35-33-31-29-27-21-19-17-15-13-11-9-7-2/h8,10,14,16,20,22,24-25,28,30,37,39,44-45,49H,6-7,9,11-13,15,17-19,21,23,26-27,29,31-36,38,40-43H2,1-5H3,(H-,47,50,51,52)/b10-8-,16-14-,22-20-,25-24-,30-28-,39-37+. The van der Waals surface area contributed by atoms with Gasteiger partial charge < -0.3 is 28.8 Å². The molecule has 1 amide bonds. The van der Waals surface area contributed by atoms with E-state index in [-0.39, 0.29) is 12.5 Å². The number of likely N-dealkylation sites (N-methyl/N-ethyl adjacent to an activating group) is 1. The lowest BCUT2D eigenvalue weighted by Crippen LogP contribution is -2.45. The summed E-state index contributed by atoms with van der Waals surface area (Å²) in [6.07, 6.45) is 49.4. The molecule has 0 radical (unpaired) electrons. The summed E-state index contributed by atoms with van der Waals surface area (Å²) in [6.45, 7) is 4.48. The Balaban J connectivity index is 4.53. The summed E-state index contributed by atoms with van der Waals surface area (Å²) in [7, 11) is 1.22. The minimum atomic E-state index is -4.60. The molecule has 0 rings (SSSR count). The Morgan fingerprint density at radius 3 is 1.62 bits per heavy atom. The number of hydrogen-bond acceptors (Lipinski definition) is 6. The van der Waals surface area contributed by atoms with Crippen molar-refractivity contribution in [3.05, 3.63) is 72.9 Å². The maximum Gasteiger partial charge on any atom is 0.268 e. The van der Waals surface area contributed by atoms with E-state index in [0.717, 1.165) is 70.6 Å². The number of unbranched alkanes of at least 4 members (excludes halogenated alkanes) is 15. The zero-order chi connectivity index (χ0) is 40.7. The lowest BCUT2D eigenvalue weighted by atomic mass is 10.0. The highest BCUT2D eigenvalue weighted by molar-refractivity contribution is 7.45. The highest BCUT2D eigenvalue weighted by atomic mass is 31.2. The van der Waals surface area contributed by atoms with Gasteiger partial charge in [0, 0.05) is 6.42 Å². The number of hydrogen-bond donors (Lipinski definition) is 2. The molecule has 0 aromatic rings. The van der Waals surface area contributed by atoms with E-state index >= 15 is 0 Å². The number of nitrogens with one attached hydrogen (secondary N) is 1. The van der Waals surface area contributed by atoms with Gasteiger partial charge in [0.05, 0.1) is 39.9 Å². The summed E-state index contributed by atoms with van der Waals surface area (Å²) in [5, 5.41) is 13.7. The van der Waals surface area contributed by atoms with E-state index in [9.17, 15) is 19.4 Å². The SMILES string of the molecule is CC/C=C\C/C=C\C/C=C\C/C=C\C/C=C\CCCCCC(=O)NC(COP(=O)([O-])OCC[N+](C)(C)C)C(O)/C=C/CCCCCCCCCCCCCC. The number of nitrogens with zero attached hydrogens (tertiary/aromatic N) is 1. The number of allylic oxidation sites excluding steroid dienone is 11. The van der Waals surface area contributed by atoms with Crippen LogP contribution in [0.15, 0.2) is 72.9 Å². The van der Waals surface area contributed by atoms with Gasteiger partial charge in [-0.3, -0.25) is 9.36 Å². The summed E-state index contributed by atoms with van der Waals surface area (Å²) in [5.74, 6) is -0.233. The zero-order valence-corrected chi connectivity index (χ0v) is 36.7. The molecule has 55 heavy (non-hydrogen) atoms. The molecule has 0 spiro atoms. The number of phosphoric ester groups is 1. The molecular weight excluding hydrogens is 707 g/mol. The molecule has 2 N–H and O–H groups in total. The lowest BCUT2D eigenvalue weighted by Gasteiger charge is -2.29. The highest BCUT2D eigenvalue weighted by Gasteiger charge is 2.23. The summed E-state index contributed by atoms with van der Waals surface area (Å²) >= 11 is 0. The van der Waals surface area contributed by atoms with Crippen molar-refractivity contribution in [3.8, 4) is 0 Å². The molecule has 0 aromatic carbocycles. The van der Waals surface area contributed by atoms with Crippen LogP contribution in [0.1, 0.15) is 162 Å². The van der Waals surface area contributed by atoms with E-state index in [0.29, 0.717) is 23.9 Å². The van der Waals surface area contributed by atoms with Crippen molar-refractivity contribution < 1.29 is 32.9 Å². The molecule has 0 aliphatic rings. The van der Waals surface area contributed by atoms with Crippen molar-refractivity contribution in [1.29, 1.82) is 0 Å². The Morgan fingerprint density at radius 2 is 1.11 bits per heavy atom. The monoisotopic (exact) mass is 791 g/mol. The van der Waals surface area contributed by atoms with E-state index in [4.69, 9.17) is 9.05 Å². The van der Waals surface area contributed by atoms with Crippen LogP contribution >= 0.6 is 7.82 Å². The number of phosphoric acid groups is 1. The third-order valence-corrected chi connectivity index (χ3v) is 10.1. The molecule has 0 aromatic heterocycles. The average Bonchev–Trinajstić information content (AvgIpc) is 3.13. The van der Waals surface area contributed by atoms with Crippen LogP contribution in [0.25, 0.3) is 0 Å². The molecule has 0 bridgehead atoms. The maximum atomic E-state index is 12.8. The number of amides is 1. The Labute approximate surface area is 338 Å². The number of aliphatic hydroxyl groups is 1. The molecule has 3 unspecified atom stereocenters. The Hall–Kier alpha value is -2.06. The molecule has 0 aliphatic carbocycles. The summed E-state index contributed by atoms with van der Waals surface area (Å²) in [6, 6.07) is -0.906. The lowest BCUT2D eigenvalue weighted by molar-refractivity contribution is -0.870. The van der Waals surface area contributed by atoms with Gasteiger partial charge in [-0.15, -0.1) is 0 Å². The summed E-state index contributed by atoms with van der Waals surface area (Å²) in [4.78, 5) is 25.3. The number of aliphatic hydroxyl groups excluding tert-OH is 1. The van der Waals surface area contributed by atoms with Crippen molar-refractivity contribution in [3.63, 3.8) is 0 Å². The topological polar surface area (TPSA) is 108 Å². The van der Waals surface area contributed by atoms with Crippen molar-refractivity contribution in [2.45, 2.75) is 174 Å². The van der Waals surface area contributed by atoms with E-state index < -0.39 is 26.6 Å². The molecule has 318 valence electrons. The molecule has 9 heteroatoms. The van der Waals surface area contributed by atoms with Crippen LogP contribution in [0.2, 0.25) is 0 Å². The molecule has 8 nitrogen and oxygen atoms in total. The smallest absolute Gasteiger partial charge is 0.268 e. The van der Waals surface area contributed by atoms with E-state index in [1.54, 1.807) is 6.08 Å². The van der Waals surface area contributed by atoms with Gasteiger partial charge in [-0.2, -0.15) is 0 Å². The van der Waals surface area contributed by atoms with Gasteiger partial charge in [-0.05, 0) is 64.2 Å². The van der Waals surface area contributed by atoms with Crippen molar-refractivity contribution >= 4 is 13.7 Å². The van der Waals surface area contributed by atoms with E-state index in [2.05, 4.69) is 79.9 Å². The second kappa shape index (κ2) is 37.5. The normalized spacial score (nSPS) is 15.1. The van der Waals surface area contributed by atoms with Crippen LogP contribution in [0.3, 0.4) is 0 Å². The number of carbonyl (C=O) groups excluding carboxylic acids is 1. The quantitative estimate of drug-likeness (QED) is 0.0279. The van der Waals surface area contributed by atoms with Crippen molar-refractivity contribution in [1.82, 2.24) is 5.32 Å². The zero-order valence-electron chi connectivity index (χ0n) is 35.9. The minimum absolute atomic E-state index is 0.0115. The highest BCUT2D eigenvalue weighted by Crippen LogP contribution is 2.38. The molecule has 3 atom stereocenters. The van der Waals surface area contributed by atoms with Gasteiger partial charge in [-0.1, -0.05) is 164 Å². The fourth-order valence-corrected chi connectivity index (χ4v) is 6.43. The first-order chi connectivity index (χ1) is 26.5. The molecule has 0 heterocycles. The third kappa shape index (κ3) is 40.0. The summed E-state index contributed by atoms with van der Waals surface area (Å²) in [5.41, 5.74) is 0. The van der Waals surface area contributed by atoms with Crippen LogP contribution in [0.4, 0.5) is 0 Å². The number of rotatable bonds is 38. The Morgan fingerprint density at radius 1 is 0.655 bits per heavy atom. The predicted molar refractivity (Wildman–Crippen MR) is 233 cm³/mol. The largest absolute Gasteiger partial charge is 0.756 e. The Kier molecular flexibility index (Phi) is 36.1. The fraction of sp³-hybridized carbons (Fsp3) is 0.717. The molecular formula is C46H83N2O6P. The second-order valence-electron chi connectivity index (χ2n) is 15.7. The Bertz CT molecular complexity index is 1120.